The minimum Gasteiger partial charge on any atom is -0.319 e. The Morgan fingerprint density at radius 2 is 2.18 bits per heavy atom. The molecule has 1 atom stereocenters. The lowest BCUT2D eigenvalue weighted by molar-refractivity contribution is -0.138. The van der Waals surface area contributed by atoms with Gasteiger partial charge in [-0.3, -0.25) is 9.78 Å². The number of Topliss-reactive ketones (excluding diaryl/α,β-unsaturated/α-hetero) is 1. The van der Waals surface area contributed by atoms with E-state index < -0.39 is 23.4 Å². The molecule has 1 aromatic heterocycles. The number of hydrogen-bond donors (Lipinski definition) is 1. The van der Waals surface area contributed by atoms with Gasteiger partial charge in [-0.05, 0) is 13.1 Å². The molecule has 17 heavy (non-hydrogen) atoms. The van der Waals surface area contributed by atoms with Crippen molar-refractivity contribution < 1.29 is 18.0 Å². The van der Waals surface area contributed by atoms with Crippen LogP contribution in [0.3, 0.4) is 0 Å². The number of hydrogen-bond acceptors (Lipinski definition) is 3. The fraction of sp³-hybridized carbons (Fsp3) is 0.455. The lowest BCUT2D eigenvalue weighted by Gasteiger charge is -2.14. The summed E-state index contributed by atoms with van der Waals surface area (Å²) in [4.78, 5) is 15.4. The summed E-state index contributed by atoms with van der Waals surface area (Å²) in [5.74, 6) is -1.08. The molecule has 0 saturated carbocycles. The number of carbonyl (C=O) groups excluding carboxylic acids is 1. The maximum Gasteiger partial charge on any atom is 0.417 e. The summed E-state index contributed by atoms with van der Waals surface area (Å²) in [6, 6.07) is 0.819. The van der Waals surface area contributed by atoms with Gasteiger partial charge in [0.15, 0.2) is 5.78 Å². The molecule has 0 bridgehead atoms. The molecule has 0 fully saturated rings. The average molecular weight is 246 g/mol. The van der Waals surface area contributed by atoms with E-state index in [1.54, 1.807) is 14.0 Å². The summed E-state index contributed by atoms with van der Waals surface area (Å²) in [5, 5.41) is 2.75. The molecule has 1 rings (SSSR count). The molecule has 6 heteroatoms. The van der Waals surface area contributed by atoms with Crippen molar-refractivity contribution in [3.05, 3.63) is 29.6 Å². The third-order valence-electron chi connectivity index (χ3n) is 2.35. The maximum atomic E-state index is 12.7. The van der Waals surface area contributed by atoms with Crippen molar-refractivity contribution in [2.75, 3.05) is 13.6 Å². The van der Waals surface area contributed by atoms with Crippen LogP contribution in [-0.2, 0) is 6.18 Å². The number of carbonyl (C=O) groups is 1. The second kappa shape index (κ2) is 5.27. The molecule has 1 unspecified atom stereocenters. The summed E-state index contributed by atoms with van der Waals surface area (Å²) in [6.45, 7) is 1.90. The van der Waals surface area contributed by atoms with E-state index in [4.69, 9.17) is 0 Å². The largest absolute Gasteiger partial charge is 0.417 e. The molecule has 0 aliphatic carbocycles. The van der Waals surface area contributed by atoms with Crippen LogP contribution < -0.4 is 5.32 Å². The van der Waals surface area contributed by atoms with Crippen LogP contribution in [0.1, 0.15) is 22.8 Å². The van der Waals surface area contributed by atoms with Crippen LogP contribution in [0.2, 0.25) is 0 Å². The zero-order valence-electron chi connectivity index (χ0n) is 9.51. The Labute approximate surface area is 97.0 Å². The molecule has 0 saturated heterocycles. The quantitative estimate of drug-likeness (QED) is 0.827. The van der Waals surface area contributed by atoms with Gasteiger partial charge in [0.1, 0.15) is 0 Å². The lowest BCUT2D eigenvalue weighted by Crippen LogP contribution is -2.26. The molecule has 1 N–H and O–H groups in total. The van der Waals surface area contributed by atoms with Crippen LogP contribution in [0, 0.1) is 5.92 Å². The van der Waals surface area contributed by atoms with E-state index in [0.717, 1.165) is 18.5 Å². The van der Waals surface area contributed by atoms with Crippen molar-refractivity contribution >= 4 is 5.78 Å². The summed E-state index contributed by atoms with van der Waals surface area (Å²) in [5.41, 5.74) is -1.30. The molecule has 0 radical (unpaired) electrons. The van der Waals surface area contributed by atoms with E-state index in [1.807, 2.05) is 0 Å². The molecule has 0 spiro atoms. The van der Waals surface area contributed by atoms with Crippen molar-refractivity contribution in [3.8, 4) is 0 Å². The third-order valence-corrected chi connectivity index (χ3v) is 2.35. The van der Waals surface area contributed by atoms with Crippen LogP contribution in [0.25, 0.3) is 0 Å². The van der Waals surface area contributed by atoms with Crippen molar-refractivity contribution in [1.82, 2.24) is 10.3 Å². The van der Waals surface area contributed by atoms with Gasteiger partial charge in [0, 0.05) is 30.4 Å². The summed E-state index contributed by atoms with van der Waals surface area (Å²) in [7, 11) is 1.64. The standard InChI is InChI=1S/C11H13F3N2O/c1-7(5-15-2)10(17)8-6-16-4-3-9(8)11(12,13)14/h3-4,6-7,15H,5H2,1-2H3. The zero-order chi connectivity index (χ0) is 13.1. The second-order valence-corrected chi connectivity index (χ2v) is 3.74. The summed E-state index contributed by atoms with van der Waals surface area (Å²) in [6.07, 6.45) is -2.53. The van der Waals surface area contributed by atoms with E-state index in [-0.39, 0.29) is 5.56 Å². The number of nitrogens with one attached hydrogen (secondary N) is 1. The van der Waals surface area contributed by atoms with Gasteiger partial charge < -0.3 is 5.32 Å². The molecular weight excluding hydrogens is 233 g/mol. The van der Waals surface area contributed by atoms with E-state index >= 15 is 0 Å². The highest BCUT2D eigenvalue weighted by Crippen LogP contribution is 2.32. The Morgan fingerprint density at radius 3 is 2.71 bits per heavy atom. The number of aromatic nitrogens is 1. The fourth-order valence-electron chi connectivity index (χ4n) is 1.50. The predicted molar refractivity (Wildman–Crippen MR) is 56.7 cm³/mol. The highest BCUT2D eigenvalue weighted by Gasteiger charge is 2.35. The molecule has 0 amide bonds. The monoisotopic (exact) mass is 246 g/mol. The van der Waals surface area contributed by atoms with Gasteiger partial charge in [0.05, 0.1) is 5.56 Å². The van der Waals surface area contributed by atoms with Gasteiger partial charge in [0.25, 0.3) is 0 Å². The molecule has 0 aliphatic rings. The molecule has 3 nitrogen and oxygen atoms in total. The smallest absolute Gasteiger partial charge is 0.319 e. The fourth-order valence-corrected chi connectivity index (χ4v) is 1.50. The Kier molecular flexibility index (Phi) is 4.22. The second-order valence-electron chi connectivity index (χ2n) is 3.74. The maximum absolute atomic E-state index is 12.7. The Balaban J connectivity index is 3.10. The average Bonchev–Trinajstić information content (AvgIpc) is 2.27. The minimum absolute atomic E-state index is 0.324. The number of alkyl halides is 3. The Hall–Kier alpha value is -1.43. The number of pyridine rings is 1. The van der Waals surface area contributed by atoms with Gasteiger partial charge in [0.2, 0.25) is 0 Å². The van der Waals surface area contributed by atoms with E-state index in [9.17, 15) is 18.0 Å². The van der Waals surface area contributed by atoms with Crippen LogP contribution in [0.4, 0.5) is 13.2 Å². The molecule has 0 aliphatic heterocycles. The topological polar surface area (TPSA) is 42.0 Å². The summed E-state index contributed by atoms with van der Waals surface area (Å²) >= 11 is 0. The first-order chi connectivity index (χ1) is 7.88. The van der Waals surface area contributed by atoms with E-state index in [2.05, 4.69) is 10.3 Å². The zero-order valence-corrected chi connectivity index (χ0v) is 9.51. The summed E-state index contributed by atoms with van der Waals surface area (Å²) < 4.78 is 38.0. The first-order valence-corrected chi connectivity index (χ1v) is 5.08. The Morgan fingerprint density at radius 1 is 1.53 bits per heavy atom. The SMILES string of the molecule is CNCC(C)C(=O)c1cnccc1C(F)(F)F. The Bertz CT molecular complexity index is 404. The minimum atomic E-state index is -4.53. The van der Waals surface area contributed by atoms with Crippen LogP contribution in [-0.4, -0.2) is 24.4 Å². The molecular formula is C11H13F3N2O. The molecule has 1 aromatic rings. The van der Waals surface area contributed by atoms with Crippen molar-refractivity contribution in [3.63, 3.8) is 0 Å². The number of halogens is 3. The molecule has 1 heterocycles. The normalized spacial score (nSPS) is 13.5. The highest BCUT2D eigenvalue weighted by atomic mass is 19.4. The van der Waals surface area contributed by atoms with Crippen LogP contribution in [0.15, 0.2) is 18.5 Å². The van der Waals surface area contributed by atoms with Crippen LogP contribution >= 0.6 is 0 Å². The first-order valence-electron chi connectivity index (χ1n) is 5.08. The van der Waals surface area contributed by atoms with Gasteiger partial charge in [-0.25, -0.2) is 0 Å². The predicted octanol–water partition coefficient (Wildman–Crippen LogP) is 2.14. The van der Waals surface area contributed by atoms with Gasteiger partial charge in [-0.2, -0.15) is 13.2 Å². The molecule has 94 valence electrons. The van der Waals surface area contributed by atoms with Gasteiger partial charge in [-0.1, -0.05) is 6.92 Å². The number of ketones is 1. The first kappa shape index (κ1) is 13.6. The van der Waals surface area contributed by atoms with E-state index in [0.29, 0.717) is 6.54 Å². The number of nitrogens with zero attached hydrogens (tertiary/aromatic N) is 1. The lowest BCUT2D eigenvalue weighted by atomic mass is 9.96. The third kappa shape index (κ3) is 3.26. The van der Waals surface area contributed by atoms with Gasteiger partial charge >= 0.3 is 6.18 Å². The number of rotatable bonds is 4. The molecule has 0 aromatic carbocycles. The van der Waals surface area contributed by atoms with Crippen molar-refractivity contribution in [1.29, 1.82) is 0 Å². The van der Waals surface area contributed by atoms with E-state index in [1.165, 1.54) is 0 Å². The van der Waals surface area contributed by atoms with Crippen molar-refractivity contribution in [2.45, 2.75) is 13.1 Å². The van der Waals surface area contributed by atoms with Crippen LogP contribution in [0.5, 0.6) is 0 Å². The highest BCUT2D eigenvalue weighted by molar-refractivity contribution is 5.99. The van der Waals surface area contributed by atoms with Crippen molar-refractivity contribution in [2.24, 2.45) is 5.92 Å². The van der Waals surface area contributed by atoms with Gasteiger partial charge in [-0.15, -0.1) is 0 Å².